The first kappa shape index (κ1) is 46.6. The molecule has 7 aromatic carbocycles. The molecule has 0 spiro atoms. The van der Waals surface area contributed by atoms with Gasteiger partial charge >= 0.3 is 0 Å². The molecular weight excluding hydrogens is 930 g/mol. The first-order valence-corrected chi connectivity index (χ1v) is 23.3. The predicted molar refractivity (Wildman–Crippen MR) is 278 cm³/mol. The van der Waals surface area contributed by atoms with Gasteiger partial charge in [-0.1, -0.05) is 70.7 Å². The van der Waals surface area contributed by atoms with Gasteiger partial charge in [-0.25, -0.2) is 4.99 Å². The van der Waals surface area contributed by atoms with Crippen LogP contribution >= 0.6 is 46.4 Å². The summed E-state index contributed by atoms with van der Waals surface area (Å²) >= 11 is 26.4. The third-order valence-electron chi connectivity index (χ3n) is 12.6. The summed E-state index contributed by atoms with van der Waals surface area (Å²) in [6.45, 7) is 0. The topological polar surface area (TPSA) is 63.4 Å². The van der Waals surface area contributed by atoms with Crippen LogP contribution in [0, 0.1) is 12.1 Å². The Balaban J connectivity index is 1.48. The average molecular weight is 976 g/mol. The third kappa shape index (κ3) is 8.64. The molecule has 1 saturated carbocycles. The van der Waals surface area contributed by atoms with E-state index in [2.05, 4.69) is 48.5 Å². The Morgan fingerprint density at radius 1 is 0.485 bits per heavy atom. The number of hydrogen-bond donors (Lipinski definition) is 0. The Morgan fingerprint density at radius 3 is 1.16 bits per heavy atom. The lowest BCUT2D eigenvalue weighted by Gasteiger charge is -2.60. The maximum Gasteiger partial charge on any atom is 0.193 e. The molecule has 2 aliphatic rings. The van der Waals surface area contributed by atoms with Crippen molar-refractivity contribution in [2.24, 2.45) is 4.99 Å². The maximum atomic E-state index is 6.62. The SMILES string of the molecule is COc1ccc(C2(c3ccc(OC)cc3)C(=N/C(=C3\C=CC(Cl)=CC3)c3ccc(Cl)cc3)C(c3ccc(OC)cc3)(c3ccc(OC)cc3)[C+]2[N-][C+](c2ccc(Cl)cc2)c2ccc(Cl)cc2)cc1. The lowest BCUT2D eigenvalue weighted by Crippen LogP contribution is -2.70. The minimum atomic E-state index is -1.19. The molecule has 0 aliphatic heterocycles. The van der Waals surface area contributed by atoms with Gasteiger partial charge < -0.3 is 24.3 Å². The van der Waals surface area contributed by atoms with Crippen molar-refractivity contribution in [2.45, 2.75) is 17.3 Å². The molecule has 7 aromatic rings. The number of ether oxygens (including phenoxy) is 4. The Hall–Kier alpha value is -6.51. The van der Waals surface area contributed by atoms with Crippen molar-refractivity contribution < 1.29 is 18.9 Å². The molecular formula is C58H45Cl4N2O4+. The second-order valence-corrected chi connectivity index (χ2v) is 18.0. The second kappa shape index (κ2) is 20.0. The van der Waals surface area contributed by atoms with Crippen LogP contribution in [0.3, 0.4) is 0 Å². The maximum absolute atomic E-state index is 6.62. The second-order valence-electron chi connectivity index (χ2n) is 16.2. The molecule has 2 aliphatic carbocycles. The summed E-state index contributed by atoms with van der Waals surface area (Å²) in [5, 5.41) is 8.55. The summed E-state index contributed by atoms with van der Waals surface area (Å²) in [6, 6.07) is 57.4. The van der Waals surface area contributed by atoms with E-state index in [1.165, 1.54) is 0 Å². The highest BCUT2D eigenvalue weighted by atomic mass is 35.5. The number of halogens is 4. The number of allylic oxidation sites excluding steroid dienone is 5. The molecule has 0 saturated heterocycles. The molecule has 9 rings (SSSR count). The molecule has 338 valence electrons. The highest BCUT2D eigenvalue weighted by molar-refractivity contribution is 6.32. The van der Waals surface area contributed by atoms with Crippen LogP contribution in [-0.2, 0) is 10.8 Å². The van der Waals surface area contributed by atoms with Gasteiger partial charge in [0, 0.05) is 62.1 Å². The number of nitrogens with zero attached hydrogens (tertiary/aromatic N) is 2. The van der Waals surface area contributed by atoms with Crippen LogP contribution in [0.1, 0.15) is 45.4 Å². The van der Waals surface area contributed by atoms with Crippen molar-refractivity contribution in [2.75, 3.05) is 28.4 Å². The molecule has 1 fully saturated rings. The zero-order valence-electron chi connectivity index (χ0n) is 37.6. The largest absolute Gasteiger partial charge is 0.497 e. The zero-order valence-corrected chi connectivity index (χ0v) is 40.7. The molecule has 0 N–H and O–H groups in total. The van der Waals surface area contributed by atoms with Gasteiger partial charge in [0.2, 0.25) is 0 Å². The lowest BCUT2D eigenvalue weighted by atomic mass is 9.39. The number of rotatable bonds is 14. The normalized spacial score (nSPS) is 15.4. The van der Waals surface area contributed by atoms with Gasteiger partial charge in [-0.2, -0.15) is 0 Å². The van der Waals surface area contributed by atoms with E-state index >= 15 is 0 Å². The summed E-state index contributed by atoms with van der Waals surface area (Å²) in [5.41, 5.74) is 6.22. The summed E-state index contributed by atoms with van der Waals surface area (Å²) in [5.74, 6) is 2.78. The van der Waals surface area contributed by atoms with E-state index in [0.29, 0.717) is 55.6 Å². The fourth-order valence-electron chi connectivity index (χ4n) is 9.21. The molecule has 10 heteroatoms. The van der Waals surface area contributed by atoms with Gasteiger partial charge in [-0.3, -0.25) is 0 Å². The van der Waals surface area contributed by atoms with Crippen LogP contribution in [0.2, 0.25) is 15.1 Å². The van der Waals surface area contributed by atoms with Gasteiger partial charge in [0.25, 0.3) is 0 Å². The smallest absolute Gasteiger partial charge is 0.193 e. The van der Waals surface area contributed by atoms with Crippen LogP contribution in [0.25, 0.3) is 11.0 Å². The monoisotopic (exact) mass is 973 g/mol. The molecule has 0 radical (unpaired) electrons. The van der Waals surface area contributed by atoms with Crippen LogP contribution < -0.4 is 18.9 Å². The number of methoxy groups -OCH3 is 4. The van der Waals surface area contributed by atoms with Crippen molar-refractivity contribution in [1.29, 1.82) is 0 Å². The third-order valence-corrected chi connectivity index (χ3v) is 13.6. The number of benzene rings is 7. The first-order chi connectivity index (χ1) is 33.1. The van der Waals surface area contributed by atoms with Crippen molar-refractivity contribution in [3.63, 3.8) is 0 Å². The minimum absolute atomic E-state index is 0.534. The lowest BCUT2D eigenvalue weighted by molar-refractivity contribution is 0.411. The zero-order chi connectivity index (χ0) is 47.4. The van der Waals surface area contributed by atoms with E-state index < -0.39 is 10.8 Å². The Morgan fingerprint density at radius 2 is 0.838 bits per heavy atom. The van der Waals surface area contributed by atoms with Gasteiger partial charge in [0.15, 0.2) is 10.8 Å². The summed E-state index contributed by atoms with van der Waals surface area (Å²) in [6.07, 6.45) is 6.48. The van der Waals surface area contributed by atoms with Crippen LogP contribution in [0.5, 0.6) is 23.0 Å². The van der Waals surface area contributed by atoms with E-state index in [1.807, 2.05) is 140 Å². The highest BCUT2D eigenvalue weighted by Crippen LogP contribution is 2.70. The van der Waals surface area contributed by atoms with Crippen molar-refractivity contribution in [3.05, 3.63) is 270 Å². The van der Waals surface area contributed by atoms with Crippen LogP contribution in [0.15, 0.2) is 204 Å². The fourth-order valence-corrected chi connectivity index (χ4v) is 9.73. The molecule has 0 amide bonds. The summed E-state index contributed by atoms with van der Waals surface area (Å²) in [4.78, 5) is 6.12. The molecule has 0 aromatic heterocycles. The van der Waals surface area contributed by atoms with Crippen LogP contribution in [0.4, 0.5) is 0 Å². The molecule has 0 heterocycles. The van der Waals surface area contributed by atoms with Gasteiger partial charge in [0.05, 0.1) is 61.4 Å². The van der Waals surface area contributed by atoms with Gasteiger partial charge in [0.1, 0.15) is 28.7 Å². The van der Waals surface area contributed by atoms with Crippen molar-refractivity contribution in [1.82, 2.24) is 0 Å². The summed E-state index contributed by atoms with van der Waals surface area (Å²) in [7, 11) is 6.66. The standard InChI is InChI=1S/C58H45Cl4N2O4/c1-65-49-29-13-41(14-30-49)57(42-15-31-50(66-2)32-16-42)55(63-53(37-5-21-45(59)22-6-37)38-7-23-46(60)24-8-38)58(43-17-33-51(67-3)34-18-43,44-19-35-52(68-4)36-20-44)56(57)64-54(39-9-25-47(61)26-10-39)40-11-27-48(62)28-12-40/h5-11,13-36H,12H2,1-4H3/q+1/b54-40+. The van der Waals surface area contributed by atoms with Crippen molar-refractivity contribution >= 4 is 57.8 Å². The highest BCUT2D eigenvalue weighted by Gasteiger charge is 2.78. The van der Waals surface area contributed by atoms with E-state index in [9.17, 15) is 0 Å². The Labute approximate surface area is 418 Å². The van der Waals surface area contributed by atoms with Crippen molar-refractivity contribution in [3.8, 4) is 23.0 Å². The summed E-state index contributed by atoms with van der Waals surface area (Å²) < 4.78 is 23.2. The van der Waals surface area contributed by atoms with E-state index in [-0.39, 0.29) is 0 Å². The first-order valence-electron chi connectivity index (χ1n) is 21.8. The van der Waals surface area contributed by atoms with E-state index in [1.54, 1.807) is 28.4 Å². The molecule has 0 unspecified atom stereocenters. The molecule has 6 nitrogen and oxygen atoms in total. The molecule has 0 atom stereocenters. The molecule has 68 heavy (non-hydrogen) atoms. The quantitative estimate of drug-likeness (QED) is 0.102. The van der Waals surface area contributed by atoms with E-state index in [0.717, 1.165) is 62.0 Å². The van der Waals surface area contributed by atoms with Gasteiger partial charge in [-0.05, 0) is 158 Å². The fraction of sp³-hybridized carbons (Fsp3) is 0.121. The van der Waals surface area contributed by atoms with Crippen LogP contribution in [-0.4, -0.2) is 34.2 Å². The molecule has 0 bridgehead atoms. The Kier molecular flexibility index (Phi) is 13.7. The number of hydrogen-bond acceptors (Lipinski definition) is 5. The minimum Gasteiger partial charge on any atom is -0.497 e. The van der Waals surface area contributed by atoms with E-state index in [4.69, 9.17) is 75.7 Å². The van der Waals surface area contributed by atoms with Gasteiger partial charge in [-0.15, -0.1) is 0 Å². The predicted octanol–water partition coefficient (Wildman–Crippen LogP) is 15.4. The number of aliphatic imine (C=N–C) groups is 1. The Bertz CT molecular complexity index is 2750. The average Bonchev–Trinajstić information content (AvgIpc) is 3.38.